The second-order valence-electron chi connectivity index (χ2n) is 4.89. The Hall–Kier alpha value is -1.82. The molecule has 0 radical (unpaired) electrons. The fourth-order valence-electron chi connectivity index (χ4n) is 1.93. The molecule has 0 saturated carbocycles. The molecule has 1 aromatic carbocycles. The van der Waals surface area contributed by atoms with E-state index in [9.17, 15) is 23.1 Å². The summed E-state index contributed by atoms with van der Waals surface area (Å²) in [5, 5.41) is 12.4. The number of allylic oxidation sites excluding steroid dienone is 1. The van der Waals surface area contributed by atoms with Gasteiger partial charge in [-0.15, -0.1) is 0 Å². The van der Waals surface area contributed by atoms with Gasteiger partial charge in [0.15, 0.2) is 0 Å². The average Bonchev–Trinajstić information content (AvgIpc) is 2.49. The number of rotatable bonds is 6. The minimum absolute atomic E-state index is 0.116. The van der Waals surface area contributed by atoms with Crippen molar-refractivity contribution >= 4 is 5.91 Å². The van der Waals surface area contributed by atoms with E-state index in [1.54, 1.807) is 0 Å². The van der Waals surface area contributed by atoms with E-state index in [0.717, 1.165) is 30.5 Å². The zero-order chi connectivity index (χ0) is 16.8. The van der Waals surface area contributed by atoms with Crippen molar-refractivity contribution < 1.29 is 23.1 Å². The van der Waals surface area contributed by atoms with E-state index in [2.05, 4.69) is 5.32 Å². The van der Waals surface area contributed by atoms with Gasteiger partial charge >= 0.3 is 6.18 Å². The maximum atomic E-state index is 12.6. The maximum Gasteiger partial charge on any atom is 0.416 e. The molecule has 3 nitrogen and oxygen atoms in total. The fourth-order valence-corrected chi connectivity index (χ4v) is 1.93. The highest BCUT2D eigenvalue weighted by Crippen LogP contribution is 2.30. The normalized spacial score (nSPS) is 12.6. The summed E-state index contributed by atoms with van der Waals surface area (Å²) in [5.74, 6) is -0.357. The number of amides is 1. The molecule has 22 heavy (non-hydrogen) atoms. The first kappa shape index (κ1) is 18.2. The van der Waals surface area contributed by atoms with Gasteiger partial charge in [-0.05, 0) is 30.5 Å². The van der Waals surface area contributed by atoms with Crippen LogP contribution in [0.15, 0.2) is 35.9 Å². The monoisotopic (exact) mass is 315 g/mol. The van der Waals surface area contributed by atoms with E-state index in [1.165, 1.54) is 18.2 Å². The molecule has 0 saturated heterocycles. The van der Waals surface area contributed by atoms with Gasteiger partial charge in [0.2, 0.25) is 5.91 Å². The predicted octanol–water partition coefficient (Wildman–Crippen LogP) is 3.60. The number of halogens is 3. The number of aliphatic hydroxyl groups excluding tert-OH is 1. The van der Waals surface area contributed by atoms with E-state index in [4.69, 9.17) is 0 Å². The van der Waals surface area contributed by atoms with Gasteiger partial charge in [-0.25, -0.2) is 0 Å². The van der Waals surface area contributed by atoms with Crippen molar-refractivity contribution in [1.29, 1.82) is 0 Å². The first-order valence-corrected chi connectivity index (χ1v) is 7.10. The fraction of sp³-hybridized carbons (Fsp3) is 0.438. The van der Waals surface area contributed by atoms with E-state index in [-0.39, 0.29) is 18.0 Å². The Labute approximate surface area is 127 Å². The van der Waals surface area contributed by atoms with E-state index in [1.807, 2.05) is 13.8 Å². The summed E-state index contributed by atoms with van der Waals surface area (Å²) < 4.78 is 37.8. The van der Waals surface area contributed by atoms with Crippen LogP contribution in [0.4, 0.5) is 13.2 Å². The van der Waals surface area contributed by atoms with Gasteiger partial charge in [0, 0.05) is 12.6 Å². The highest BCUT2D eigenvalue weighted by atomic mass is 19.4. The molecule has 0 heterocycles. The molecule has 122 valence electrons. The molecule has 1 atom stereocenters. The van der Waals surface area contributed by atoms with Crippen molar-refractivity contribution in [3.63, 3.8) is 0 Å². The summed E-state index contributed by atoms with van der Waals surface area (Å²) in [6.07, 6.45) is -2.69. The largest absolute Gasteiger partial charge is 0.416 e. The van der Waals surface area contributed by atoms with Crippen LogP contribution in [-0.2, 0) is 11.0 Å². The maximum absolute atomic E-state index is 12.6. The molecule has 0 aliphatic rings. The quantitative estimate of drug-likeness (QED) is 0.788. The van der Waals surface area contributed by atoms with Gasteiger partial charge in [0.05, 0.1) is 11.7 Å². The Kier molecular flexibility index (Phi) is 6.61. The number of hydrogen-bond donors (Lipinski definition) is 2. The average molecular weight is 315 g/mol. The molecule has 1 rings (SSSR count). The Morgan fingerprint density at radius 1 is 1.32 bits per heavy atom. The molecular formula is C16H20F3NO2. The summed E-state index contributed by atoms with van der Waals surface area (Å²) in [4.78, 5) is 11.7. The SMILES string of the molecule is CCC(=CC(=O)NCC(O)c1cccc(C(F)(F)F)c1)CC. The number of carbonyl (C=O) groups excluding carboxylic acids is 1. The van der Waals surface area contributed by atoms with Crippen LogP contribution in [0.3, 0.4) is 0 Å². The number of carbonyl (C=O) groups is 1. The Balaban J connectivity index is 2.68. The summed E-state index contributed by atoms with van der Waals surface area (Å²) in [6, 6.07) is 4.45. The molecular weight excluding hydrogens is 295 g/mol. The van der Waals surface area contributed by atoms with Crippen LogP contribution in [0.2, 0.25) is 0 Å². The van der Waals surface area contributed by atoms with Crippen molar-refractivity contribution in [2.45, 2.75) is 39.0 Å². The van der Waals surface area contributed by atoms with Gasteiger partial charge in [-0.3, -0.25) is 4.79 Å². The molecule has 0 aliphatic carbocycles. The van der Waals surface area contributed by atoms with E-state index in [0.29, 0.717) is 0 Å². The topological polar surface area (TPSA) is 49.3 Å². The highest BCUT2D eigenvalue weighted by molar-refractivity contribution is 5.88. The predicted molar refractivity (Wildman–Crippen MR) is 78.1 cm³/mol. The van der Waals surface area contributed by atoms with Crippen molar-refractivity contribution in [1.82, 2.24) is 5.32 Å². The minimum atomic E-state index is -4.46. The first-order chi connectivity index (χ1) is 10.3. The molecule has 0 aromatic heterocycles. The summed E-state index contributed by atoms with van der Waals surface area (Å²) >= 11 is 0. The number of alkyl halides is 3. The smallest absolute Gasteiger partial charge is 0.387 e. The van der Waals surface area contributed by atoms with Crippen molar-refractivity contribution in [2.75, 3.05) is 6.54 Å². The van der Waals surface area contributed by atoms with Crippen LogP contribution in [0, 0.1) is 0 Å². The molecule has 0 spiro atoms. The Morgan fingerprint density at radius 3 is 2.50 bits per heavy atom. The summed E-state index contributed by atoms with van der Waals surface area (Å²) in [5.41, 5.74) is 0.255. The van der Waals surface area contributed by atoms with Gasteiger partial charge in [0.1, 0.15) is 0 Å². The number of benzene rings is 1. The van der Waals surface area contributed by atoms with Crippen LogP contribution >= 0.6 is 0 Å². The van der Waals surface area contributed by atoms with Crippen LogP contribution in [0.5, 0.6) is 0 Å². The summed E-state index contributed by atoms with van der Waals surface area (Å²) in [6.45, 7) is 3.72. The van der Waals surface area contributed by atoms with Crippen LogP contribution in [-0.4, -0.2) is 17.6 Å². The minimum Gasteiger partial charge on any atom is -0.387 e. The molecule has 6 heteroatoms. The van der Waals surface area contributed by atoms with E-state index >= 15 is 0 Å². The van der Waals surface area contributed by atoms with Crippen molar-refractivity contribution in [3.05, 3.63) is 47.0 Å². The third-order valence-electron chi connectivity index (χ3n) is 3.31. The van der Waals surface area contributed by atoms with E-state index < -0.39 is 17.8 Å². The lowest BCUT2D eigenvalue weighted by Gasteiger charge is -2.14. The molecule has 2 N–H and O–H groups in total. The third-order valence-corrected chi connectivity index (χ3v) is 3.31. The molecule has 1 amide bonds. The second kappa shape index (κ2) is 7.98. The lowest BCUT2D eigenvalue weighted by atomic mass is 10.1. The first-order valence-electron chi connectivity index (χ1n) is 7.10. The number of hydrogen-bond acceptors (Lipinski definition) is 2. The van der Waals surface area contributed by atoms with Crippen molar-refractivity contribution in [3.8, 4) is 0 Å². The Bertz CT molecular complexity index is 532. The molecule has 0 bridgehead atoms. The van der Waals surface area contributed by atoms with Crippen LogP contribution < -0.4 is 5.32 Å². The molecule has 0 aliphatic heterocycles. The zero-order valence-corrected chi connectivity index (χ0v) is 12.6. The summed E-state index contributed by atoms with van der Waals surface area (Å²) in [7, 11) is 0. The number of nitrogens with one attached hydrogen (secondary N) is 1. The highest BCUT2D eigenvalue weighted by Gasteiger charge is 2.30. The molecule has 0 fully saturated rings. The third kappa shape index (κ3) is 5.52. The van der Waals surface area contributed by atoms with Crippen molar-refractivity contribution in [2.24, 2.45) is 0 Å². The number of aliphatic hydroxyl groups is 1. The van der Waals surface area contributed by atoms with Crippen LogP contribution in [0.1, 0.15) is 43.9 Å². The second-order valence-corrected chi connectivity index (χ2v) is 4.89. The van der Waals surface area contributed by atoms with Gasteiger partial charge < -0.3 is 10.4 Å². The molecule has 1 aromatic rings. The zero-order valence-electron chi connectivity index (χ0n) is 12.6. The van der Waals surface area contributed by atoms with Gasteiger partial charge in [-0.1, -0.05) is 31.6 Å². The standard InChI is InChI=1S/C16H20F3NO2/c1-3-11(4-2)8-15(22)20-10-14(21)12-6-5-7-13(9-12)16(17,18)19/h5-9,14,21H,3-4,10H2,1-2H3,(H,20,22). The Morgan fingerprint density at radius 2 is 1.95 bits per heavy atom. The lowest BCUT2D eigenvalue weighted by Crippen LogP contribution is -2.27. The molecule has 1 unspecified atom stereocenters. The van der Waals surface area contributed by atoms with Gasteiger partial charge in [-0.2, -0.15) is 13.2 Å². The van der Waals surface area contributed by atoms with Crippen LogP contribution in [0.25, 0.3) is 0 Å². The lowest BCUT2D eigenvalue weighted by molar-refractivity contribution is -0.137. The van der Waals surface area contributed by atoms with Gasteiger partial charge in [0.25, 0.3) is 0 Å².